The Morgan fingerprint density at radius 3 is 2.52 bits per heavy atom. The van der Waals surface area contributed by atoms with E-state index in [9.17, 15) is 4.79 Å². The van der Waals surface area contributed by atoms with Crippen LogP contribution in [0.5, 0.6) is 17.2 Å². The van der Waals surface area contributed by atoms with E-state index in [0.717, 1.165) is 11.1 Å². The minimum absolute atomic E-state index is 0.391. The fourth-order valence-corrected chi connectivity index (χ4v) is 3.69. The van der Waals surface area contributed by atoms with Crippen molar-refractivity contribution < 1.29 is 19.0 Å². The maximum Gasteiger partial charge on any atom is 0.248 e. The number of rotatable bonds is 6. The van der Waals surface area contributed by atoms with Crippen LogP contribution in [0.4, 0.5) is 5.95 Å². The number of aromatic nitrogens is 3. The van der Waals surface area contributed by atoms with Gasteiger partial charge < -0.3 is 25.3 Å². The van der Waals surface area contributed by atoms with Gasteiger partial charge in [0.25, 0.3) is 0 Å². The highest BCUT2D eigenvalue weighted by atomic mass is 16.5. The van der Waals surface area contributed by atoms with Crippen molar-refractivity contribution in [2.75, 3.05) is 26.6 Å². The first-order chi connectivity index (χ1) is 15.0. The van der Waals surface area contributed by atoms with Crippen molar-refractivity contribution in [3.05, 3.63) is 59.3 Å². The molecule has 4 rings (SSSR count). The summed E-state index contributed by atoms with van der Waals surface area (Å²) in [6, 6.07) is 12.3. The summed E-state index contributed by atoms with van der Waals surface area (Å²) in [4.78, 5) is 17.0. The first kappa shape index (κ1) is 20.3. The number of nitrogens with one attached hydrogen (secondary N) is 1. The fraction of sp³-hybridized carbons (Fsp3) is 0.227. The summed E-state index contributed by atoms with van der Waals surface area (Å²) in [6.45, 7) is 1.79. The molecule has 2 heterocycles. The summed E-state index contributed by atoms with van der Waals surface area (Å²) in [6.07, 6.45) is 0. The average molecular weight is 421 g/mol. The van der Waals surface area contributed by atoms with Crippen LogP contribution in [0.3, 0.4) is 0 Å². The maximum absolute atomic E-state index is 12.4. The first-order valence-electron chi connectivity index (χ1n) is 9.57. The van der Waals surface area contributed by atoms with E-state index in [4.69, 9.17) is 25.0 Å². The third kappa shape index (κ3) is 3.54. The molecule has 0 fully saturated rings. The molecule has 31 heavy (non-hydrogen) atoms. The van der Waals surface area contributed by atoms with Crippen LogP contribution in [0, 0.1) is 0 Å². The number of methoxy groups -OCH3 is 3. The smallest absolute Gasteiger partial charge is 0.248 e. The fourth-order valence-electron chi connectivity index (χ4n) is 3.69. The van der Waals surface area contributed by atoms with Crippen molar-refractivity contribution in [2.24, 2.45) is 5.73 Å². The van der Waals surface area contributed by atoms with Gasteiger partial charge in [-0.2, -0.15) is 4.98 Å². The first-order valence-corrected chi connectivity index (χ1v) is 9.57. The molecule has 0 saturated heterocycles. The molecule has 9 heteroatoms. The quantitative estimate of drug-likeness (QED) is 0.629. The molecule has 1 aromatic heterocycles. The van der Waals surface area contributed by atoms with Gasteiger partial charge in [-0.15, -0.1) is 5.10 Å². The molecule has 160 valence electrons. The van der Waals surface area contributed by atoms with Gasteiger partial charge in [0.15, 0.2) is 17.3 Å². The van der Waals surface area contributed by atoms with Gasteiger partial charge in [0.2, 0.25) is 11.9 Å². The van der Waals surface area contributed by atoms with Crippen LogP contribution in [-0.4, -0.2) is 42.0 Å². The van der Waals surface area contributed by atoms with Gasteiger partial charge in [-0.1, -0.05) is 18.2 Å². The Hall–Kier alpha value is -4.01. The normalized spacial score (nSPS) is 15.2. The second kappa shape index (κ2) is 8.02. The molecule has 0 saturated carbocycles. The number of anilines is 1. The lowest BCUT2D eigenvalue weighted by Gasteiger charge is -2.28. The Kier molecular flexibility index (Phi) is 5.24. The van der Waals surface area contributed by atoms with Gasteiger partial charge in [0.05, 0.1) is 26.9 Å². The Morgan fingerprint density at radius 1 is 1.06 bits per heavy atom. The van der Waals surface area contributed by atoms with Crippen molar-refractivity contribution in [3.63, 3.8) is 0 Å². The lowest BCUT2D eigenvalue weighted by Crippen LogP contribution is -2.31. The third-order valence-electron chi connectivity index (χ3n) is 5.17. The van der Waals surface area contributed by atoms with Crippen molar-refractivity contribution in [1.29, 1.82) is 0 Å². The number of carbonyl (C=O) groups excluding carboxylic acids is 1. The zero-order chi connectivity index (χ0) is 22.1. The SMILES string of the molecule is COc1cccc(-c2nc3n(n2)[C@H](c2ccc(OC)c(OC)c2)C(C(N)=O)=C(C)N3)c1. The van der Waals surface area contributed by atoms with E-state index in [2.05, 4.69) is 10.3 Å². The largest absolute Gasteiger partial charge is 0.497 e. The van der Waals surface area contributed by atoms with Crippen LogP contribution in [0.15, 0.2) is 53.7 Å². The predicted molar refractivity (Wildman–Crippen MR) is 115 cm³/mol. The summed E-state index contributed by atoms with van der Waals surface area (Å²) in [5.74, 6) is 2.26. The Labute approximate surface area is 179 Å². The van der Waals surface area contributed by atoms with Crippen molar-refractivity contribution in [1.82, 2.24) is 14.8 Å². The standard InChI is InChI=1S/C22H23N5O4/c1-12-18(20(23)28)19(13-8-9-16(30-3)17(11-13)31-4)27-22(24-12)25-21(26-27)14-6-5-7-15(10-14)29-2/h5-11,19H,1-4H3,(H2,23,28)(H,24,25,26)/t19-/m1/s1. The molecule has 3 N–H and O–H groups in total. The zero-order valence-electron chi connectivity index (χ0n) is 17.7. The van der Waals surface area contributed by atoms with Gasteiger partial charge >= 0.3 is 0 Å². The predicted octanol–water partition coefficient (Wildman–Crippen LogP) is 2.75. The second-order valence-corrected chi connectivity index (χ2v) is 6.98. The molecule has 1 aliphatic heterocycles. The summed E-state index contributed by atoms with van der Waals surface area (Å²) < 4.78 is 17.8. The van der Waals surface area contributed by atoms with Gasteiger partial charge in [0, 0.05) is 11.3 Å². The molecule has 9 nitrogen and oxygen atoms in total. The number of hydrogen-bond donors (Lipinski definition) is 2. The lowest BCUT2D eigenvalue weighted by atomic mass is 9.95. The molecule has 2 aromatic carbocycles. The molecule has 1 amide bonds. The molecule has 3 aromatic rings. The number of amides is 1. The number of hydrogen-bond acceptors (Lipinski definition) is 7. The highest BCUT2D eigenvalue weighted by Gasteiger charge is 2.34. The number of fused-ring (bicyclic) bond motifs is 1. The number of ether oxygens (including phenoxy) is 3. The van der Waals surface area contributed by atoms with Crippen molar-refractivity contribution in [3.8, 4) is 28.6 Å². The van der Waals surface area contributed by atoms with Gasteiger partial charge in [0.1, 0.15) is 11.8 Å². The van der Waals surface area contributed by atoms with Crippen LogP contribution >= 0.6 is 0 Å². The van der Waals surface area contributed by atoms with E-state index < -0.39 is 11.9 Å². The van der Waals surface area contributed by atoms with Crippen LogP contribution in [0.1, 0.15) is 18.5 Å². The summed E-state index contributed by atoms with van der Waals surface area (Å²) in [5, 5.41) is 7.83. The van der Waals surface area contributed by atoms with Crippen LogP contribution in [0.2, 0.25) is 0 Å². The molecule has 0 unspecified atom stereocenters. The number of benzene rings is 2. The van der Waals surface area contributed by atoms with Gasteiger partial charge in [-0.25, -0.2) is 4.68 Å². The third-order valence-corrected chi connectivity index (χ3v) is 5.17. The Morgan fingerprint density at radius 2 is 1.84 bits per heavy atom. The number of primary amides is 1. The zero-order valence-corrected chi connectivity index (χ0v) is 17.7. The number of allylic oxidation sites excluding steroid dienone is 1. The molecular formula is C22H23N5O4. The number of carbonyl (C=O) groups is 1. The average Bonchev–Trinajstić information content (AvgIpc) is 3.21. The summed E-state index contributed by atoms with van der Waals surface area (Å²) in [5.41, 5.74) is 8.30. The molecule has 1 atom stereocenters. The number of nitrogens with zero attached hydrogens (tertiary/aromatic N) is 3. The molecule has 0 aliphatic carbocycles. The minimum Gasteiger partial charge on any atom is -0.497 e. The number of nitrogens with two attached hydrogens (primary N) is 1. The van der Waals surface area contributed by atoms with Crippen molar-refractivity contribution in [2.45, 2.75) is 13.0 Å². The summed E-state index contributed by atoms with van der Waals surface area (Å²) in [7, 11) is 4.73. The molecule has 0 spiro atoms. The monoisotopic (exact) mass is 421 g/mol. The van der Waals surface area contributed by atoms with E-state index >= 15 is 0 Å². The van der Waals surface area contributed by atoms with E-state index in [1.807, 2.05) is 36.4 Å². The van der Waals surface area contributed by atoms with Crippen LogP contribution < -0.4 is 25.3 Å². The van der Waals surface area contributed by atoms with Gasteiger partial charge in [-0.3, -0.25) is 4.79 Å². The second-order valence-electron chi connectivity index (χ2n) is 6.98. The molecule has 0 radical (unpaired) electrons. The molecular weight excluding hydrogens is 398 g/mol. The van der Waals surface area contributed by atoms with Gasteiger partial charge in [-0.05, 0) is 36.8 Å². The van der Waals surface area contributed by atoms with E-state index in [-0.39, 0.29) is 0 Å². The van der Waals surface area contributed by atoms with E-state index in [0.29, 0.717) is 40.3 Å². The lowest BCUT2D eigenvalue weighted by molar-refractivity contribution is -0.115. The minimum atomic E-state index is -0.583. The van der Waals surface area contributed by atoms with Crippen molar-refractivity contribution >= 4 is 11.9 Å². The topological polar surface area (TPSA) is 114 Å². The highest BCUT2D eigenvalue weighted by Crippen LogP contribution is 2.39. The highest BCUT2D eigenvalue weighted by molar-refractivity contribution is 5.95. The Bertz CT molecular complexity index is 1180. The van der Waals surface area contributed by atoms with E-state index in [1.165, 1.54) is 0 Å². The van der Waals surface area contributed by atoms with Crippen LogP contribution in [0.25, 0.3) is 11.4 Å². The molecule has 0 bridgehead atoms. The maximum atomic E-state index is 12.4. The van der Waals surface area contributed by atoms with Crippen LogP contribution in [-0.2, 0) is 4.79 Å². The summed E-state index contributed by atoms with van der Waals surface area (Å²) >= 11 is 0. The Balaban J connectivity index is 1.87. The molecule has 1 aliphatic rings. The van der Waals surface area contributed by atoms with E-state index in [1.54, 1.807) is 39.0 Å².